The normalized spacial score (nSPS) is 16.5. The van der Waals surface area contributed by atoms with E-state index in [1.165, 1.54) is 32.1 Å². The molecule has 186 valence electrons. The van der Waals surface area contributed by atoms with Crippen molar-refractivity contribution in [2.24, 2.45) is 7.05 Å². The fourth-order valence-electron chi connectivity index (χ4n) is 4.75. The number of aromatic nitrogens is 6. The Kier molecular flexibility index (Phi) is 7.47. The predicted octanol–water partition coefficient (Wildman–Crippen LogP) is 4.11. The molecule has 1 saturated carbocycles. The van der Waals surface area contributed by atoms with Crippen LogP contribution in [0.2, 0.25) is 0 Å². The summed E-state index contributed by atoms with van der Waals surface area (Å²) >= 11 is 0. The Morgan fingerprint density at radius 2 is 1.75 bits per heavy atom. The molecule has 0 radical (unpaired) electrons. The van der Waals surface area contributed by atoms with Crippen LogP contribution in [0.15, 0.2) is 61.4 Å². The van der Waals surface area contributed by atoms with Crippen molar-refractivity contribution in [1.82, 2.24) is 34.8 Å². The van der Waals surface area contributed by atoms with Crippen LogP contribution >= 0.6 is 0 Å². The van der Waals surface area contributed by atoms with Gasteiger partial charge in [-0.15, -0.1) is 0 Å². The van der Waals surface area contributed by atoms with Crippen LogP contribution in [0, 0.1) is 0 Å². The molecule has 0 spiro atoms. The quantitative estimate of drug-likeness (QED) is 0.467. The number of carbonyl (C=O) groups is 1. The highest BCUT2D eigenvalue weighted by molar-refractivity contribution is 5.78. The Bertz CT molecular complexity index is 1260. The van der Waals surface area contributed by atoms with Gasteiger partial charge in [0.05, 0.1) is 19.0 Å². The second-order valence-electron chi connectivity index (χ2n) is 9.20. The summed E-state index contributed by atoms with van der Waals surface area (Å²) in [4.78, 5) is 22.5. The number of benzene rings is 1. The van der Waals surface area contributed by atoms with Gasteiger partial charge in [-0.2, -0.15) is 10.2 Å². The van der Waals surface area contributed by atoms with E-state index in [2.05, 4.69) is 37.4 Å². The lowest BCUT2D eigenvalue weighted by atomic mass is 9.94. The van der Waals surface area contributed by atoms with E-state index in [0.29, 0.717) is 18.5 Å². The van der Waals surface area contributed by atoms with E-state index in [0.717, 1.165) is 41.0 Å². The van der Waals surface area contributed by atoms with Crippen molar-refractivity contribution in [1.29, 1.82) is 0 Å². The van der Waals surface area contributed by atoms with Gasteiger partial charge in [0.2, 0.25) is 5.91 Å². The number of carbonyl (C=O) groups excluding carboxylic acids is 1. The fourth-order valence-corrected chi connectivity index (χ4v) is 4.75. The second-order valence-corrected chi connectivity index (χ2v) is 9.20. The minimum absolute atomic E-state index is 0.193. The maximum atomic E-state index is 11.5. The number of nitrogens with one attached hydrogen (secondary N) is 1. The Labute approximate surface area is 210 Å². The van der Waals surface area contributed by atoms with Crippen molar-refractivity contribution in [3.63, 3.8) is 0 Å². The lowest BCUT2D eigenvalue weighted by Crippen LogP contribution is -2.48. The first-order valence-electron chi connectivity index (χ1n) is 12.5. The Hall–Kier alpha value is -3.85. The molecule has 4 heterocycles. The van der Waals surface area contributed by atoms with Gasteiger partial charge in [0.25, 0.3) is 0 Å². The van der Waals surface area contributed by atoms with Crippen LogP contribution in [0.1, 0.15) is 32.1 Å². The molecule has 36 heavy (non-hydrogen) atoms. The zero-order valence-electron chi connectivity index (χ0n) is 20.5. The maximum Gasteiger partial charge on any atom is 0.248 e. The number of morpholine rings is 1. The molecule has 1 saturated heterocycles. The van der Waals surface area contributed by atoms with Gasteiger partial charge >= 0.3 is 0 Å². The number of H-pyrrole nitrogens is 1. The highest BCUT2D eigenvalue weighted by atomic mass is 16.5. The predicted molar refractivity (Wildman–Crippen MR) is 137 cm³/mol. The van der Waals surface area contributed by atoms with Gasteiger partial charge < -0.3 is 9.64 Å². The number of aromatic amines is 1. The summed E-state index contributed by atoms with van der Waals surface area (Å²) in [5.74, 6) is 0.890. The number of nitrogens with zero attached hydrogens (tertiary/aromatic N) is 6. The van der Waals surface area contributed by atoms with Crippen molar-refractivity contribution in [2.45, 2.75) is 38.1 Å². The van der Waals surface area contributed by atoms with Crippen molar-refractivity contribution in [3.8, 4) is 33.6 Å². The van der Waals surface area contributed by atoms with Crippen molar-refractivity contribution >= 4 is 5.91 Å². The molecule has 1 amide bonds. The zero-order valence-corrected chi connectivity index (χ0v) is 20.5. The summed E-state index contributed by atoms with van der Waals surface area (Å²) in [5.41, 5.74) is 5.05. The van der Waals surface area contributed by atoms with E-state index in [-0.39, 0.29) is 5.91 Å². The molecule has 6 rings (SSSR count). The molecular formula is C27H31N7O2. The van der Waals surface area contributed by atoms with Crippen LogP contribution in [0.3, 0.4) is 0 Å². The lowest BCUT2D eigenvalue weighted by molar-refractivity contribution is -0.146. The molecular weight excluding hydrogens is 454 g/mol. The summed E-state index contributed by atoms with van der Waals surface area (Å²) in [6.45, 7) is 1.84. The van der Waals surface area contributed by atoms with Crippen LogP contribution in [0.4, 0.5) is 0 Å². The van der Waals surface area contributed by atoms with E-state index in [4.69, 9.17) is 4.74 Å². The smallest absolute Gasteiger partial charge is 0.248 e. The first-order chi connectivity index (χ1) is 17.7. The third kappa shape index (κ3) is 5.68. The summed E-state index contributed by atoms with van der Waals surface area (Å²) in [6, 6.07) is 8.66. The van der Waals surface area contributed by atoms with Gasteiger partial charge in [0, 0.05) is 66.7 Å². The fraction of sp³-hybridized carbons (Fsp3) is 0.370. The number of aryl methyl sites for hydroxylation is 1. The van der Waals surface area contributed by atoms with Crippen LogP contribution in [0.25, 0.3) is 33.6 Å². The first kappa shape index (κ1) is 23.9. The van der Waals surface area contributed by atoms with Gasteiger partial charge in [-0.1, -0.05) is 37.5 Å². The van der Waals surface area contributed by atoms with Crippen LogP contribution in [-0.4, -0.2) is 66.6 Å². The molecule has 9 heteroatoms. The average molecular weight is 486 g/mol. The van der Waals surface area contributed by atoms with E-state index in [9.17, 15) is 4.79 Å². The van der Waals surface area contributed by atoms with E-state index < -0.39 is 0 Å². The molecule has 1 aliphatic carbocycles. The van der Waals surface area contributed by atoms with Gasteiger partial charge in [0.1, 0.15) is 6.61 Å². The molecule has 2 aliphatic rings. The van der Waals surface area contributed by atoms with E-state index in [1.54, 1.807) is 10.9 Å². The molecule has 1 aromatic carbocycles. The van der Waals surface area contributed by atoms with Crippen LogP contribution in [-0.2, 0) is 16.6 Å². The van der Waals surface area contributed by atoms with E-state index >= 15 is 0 Å². The number of rotatable bonds is 4. The Morgan fingerprint density at radius 3 is 2.44 bits per heavy atom. The van der Waals surface area contributed by atoms with Crippen molar-refractivity contribution < 1.29 is 9.53 Å². The summed E-state index contributed by atoms with van der Waals surface area (Å²) < 4.78 is 6.90. The molecule has 4 aromatic rings. The van der Waals surface area contributed by atoms with E-state index in [1.807, 2.05) is 55.1 Å². The average Bonchev–Trinajstić information content (AvgIpc) is 3.63. The lowest BCUT2D eigenvalue weighted by Gasteiger charge is -2.36. The molecule has 0 atom stereocenters. The Morgan fingerprint density at radius 1 is 0.944 bits per heavy atom. The molecule has 1 N–H and O–H groups in total. The third-order valence-electron chi connectivity index (χ3n) is 6.68. The van der Waals surface area contributed by atoms with Gasteiger partial charge in [-0.3, -0.25) is 14.6 Å². The molecule has 2 fully saturated rings. The summed E-state index contributed by atoms with van der Waals surface area (Å²) in [6.07, 6.45) is 17.3. The number of hydrogen-bond acceptors (Lipinski definition) is 6. The highest BCUT2D eigenvalue weighted by Crippen LogP contribution is 2.25. The minimum Gasteiger partial charge on any atom is -0.370 e. The number of amides is 1. The number of hydrogen-bond donors (Lipinski definition) is 1. The molecule has 0 unspecified atom stereocenters. The van der Waals surface area contributed by atoms with Gasteiger partial charge in [0.15, 0.2) is 5.82 Å². The molecule has 1 aliphatic heterocycles. The summed E-state index contributed by atoms with van der Waals surface area (Å²) in [5, 5.41) is 10.9. The van der Waals surface area contributed by atoms with Crippen molar-refractivity contribution in [3.05, 3.63) is 61.4 Å². The van der Waals surface area contributed by atoms with Gasteiger partial charge in [-0.05, 0) is 24.5 Å². The molecule has 3 aromatic heterocycles. The molecule has 0 bridgehead atoms. The molecule has 9 nitrogen and oxygen atoms in total. The summed E-state index contributed by atoms with van der Waals surface area (Å²) in [7, 11) is 1.91. The largest absolute Gasteiger partial charge is 0.370 e. The Balaban J connectivity index is 0.000000174. The standard InChI is InChI=1S/C17H14N6.C10H17NO2/c1-23-11-16(10-22-23)12-3-2-4-13(5-12)17-18-6-14(7-19-17)15-8-20-21-9-15;12-10-8-13-7-6-11(10)9-4-2-1-3-5-9/h2-11H,1H3,(H,20,21);9H,1-8H2. The number of ether oxygens (including phenoxy) is 1. The highest BCUT2D eigenvalue weighted by Gasteiger charge is 2.27. The van der Waals surface area contributed by atoms with Gasteiger partial charge in [-0.25, -0.2) is 9.97 Å². The second kappa shape index (κ2) is 11.3. The van der Waals surface area contributed by atoms with Crippen molar-refractivity contribution in [2.75, 3.05) is 19.8 Å². The maximum absolute atomic E-state index is 11.5. The first-order valence-corrected chi connectivity index (χ1v) is 12.5. The van der Waals surface area contributed by atoms with Crippen LogP contribution in [0.5, 0.6) is 0 Å². The zero-order chi connectivity index (χ0) is 24.7. The van der Waals surface area contributed by atoms with Crippen LogP contribution < -0.4 is 0 Å². The monoisotopic (exact) mass is 485 g/mol. The minimum atomic E-state index is 0.193. The SMILES string of the molecule is Cn1cc(-c2cccc(-c3ncc(-c4cn[nH]c4)cn3)c2)cn1.O=C1COCCN1C1CCCCC1. The topological polar surface area (TPSA) is 102 Å². The third-order valence-corrected chi connectivity index (χ3v) is 6.68.